The zero-order valence-electron chi connectivity index (χ0n) is 21.4. The van der Waals surface area contributed by atoms with Crippen LogP contribution >= 0.6 is 11.3 Å². The number of aliphatic hydroxyl groups excluding tert-OH is 1. The Morgan fingerprint density at radius 3 is 2.63 bits per heavy atom. The number of carbonyl (C=O) groups excluding carboxylic acids is 2. The van der Waals surface area contributed by atoms with Crippen LogP contribution in [0.1, 0.15) is 49.8 Å². The largest absolute Gasteiger partial charge is 0.507 e. The second kappa shape index (κ2) is 10.7. The van der Waals surface area contributed by atoms with Crippen molar-refractivity contribution in [1.82, 2.24) is 4.98 Å². The summed E-state index contributed by atoms with van der Waals surface area (Å²) in [7, 11) is 0. The number of amides is 1. The number of nitrogens with zero attached hydrogens (tertiary/aromatic N) is 2. The molecule has 0 radical (unpaired) electrons. The molecule has 2 aromatic heterocycles. The quantitative estimate of drug-likeness (QED) is 0.115. The van der Waals surface area contributed by atoms with E-state index in [4.69, 9.17) is 13.9 Å². The molecule has 1 aliphatic heterocycles. The van der Waals surface area contributed by atoms with Gasteiger partial charge in [-0.15, -0.1) is 0 Å². The second-order valence-electron chi connectivity index (χ2n) is 8.91. The molecule has 1 aliphatic rings. The summed E-state index contributed by atoms with van der Waals surface area (Å²) in [6.45, 7) is 6.82. The molecule has 8 nitrogen and oxygen atoms in total. The minimum absolute atomic E-state index is 0.0654. The van der Waals surface area contributed by atoms with Gasteiger partial charge in [0.2, 0.25) is 0 Å². The van der Waals surface area contributed by atoms with E-state index in [-0.39, 0.29) is 11.3 Å². The normalized spacial score (nSPS) is 16.9. The van der Waals surface area contributed by atoms with Gasteiger partial charge in [0.15, 0.2) is 5.13 Å². The highest BCUT2D eigenvalue weighted by molar-refractivity contribution is 7.22. The fourth-order valence-corrected chi connectivity index (χ4v) is 5.40. The number of unbranched alkanes of at least 4 members (excludes halogenated alkanes) is 1. The van der Waals surface area contributed by atoms with Crippen LogP contribution in [0.15, 0.2) is 64.6 Å². The van der Waals surface area contributed by atoms with Crippen molar-refractivity contribution in [2.75, 3.05) is 18.1 Å². The van der Waals surface area contributed by atoms with Gasteiger partial charge in [0.25, 0.3) is 5.78 Å². The highest BCUT2D eigenvalue weighted by atomic mass is 32.1. The number of aromatic nitrogens is 1. The van der Waals surface area contributed by atoms with Crippen LogP contribution in [0.3, 0.4) is 0 Å². The summed E-state index contributed by atoms with van der Waals surface area (Å²) in [6.07, 6.45) is 1.89. The van der Waals surface area contributed by atoms with Gasteiger partial charge in [-0.05, 0) is 62.7 Å². The summed E-state index contributed by atoms with van der Waals surface area (Å²) in [4.78, 5) is 32.8. The van der Waals surface area contributed by atoms with Crippen LogP contribution in [0.2, 0.25) is 0 Å². The third-order valence-corrected chi connectivity index (χ3v) is 7.23. The maximum Gasteiger partial charge on any atom is 0.302 e. The molecule has 4 aromatic rings. The number of ketones is 1. The van der Waals surface area contributed by atoms with E-state index < -0.39 is 17.7 Å². The molecule has 0 bridgehead atoms. The maximum atomic E-state index is 13.4. The second-order valence-corrected chi connectivity index (χ2v) is 9.92. The van der Waals surface area contributed by atoms with E-state index in [0.29, 0.717) is 52.4 Å². The number of carbonyl (C=O) groups is 2. The standard InChI is InChI=1S/C29H28N2O6S/c1-4-6-14-36-19-9-7-8-18(15-19)26(32)24-25(22-13-10-17(3)37-22)31(28(34)27(24)33)29-30-21-12-11-20(35-5-2)16-23(21)38-29/h7-13,15-16,25,32H,4-6,14H2,1-3H3/b26-24+. The number of Topliss-reactive ketones (excluding diaryl/α,β-unsaturated/α-hetero) is 1. The van der Waals surface area contributed by atoms with E-state index in [1.54, 1.807) is 43.3 Å². The number of thiazole rings is 1. The third kappa shape index (κ3) is 4.77. The topological polar surface area (TPSA) is 102 Å². The fourth-order valence-electron chi connectivity index (χ4n) is 4.37. The van der Waals surface area contributed by atoms with Gasteiger partial charge in [-0.2, -0.15) is 0 Å². The van der Waals surface area contributed by atoms with Crippen LogP contribution in [-0.2, 0) is 9.59 Å². The smallest absolute Gasteiger partial charge is 0.302 e. The zero-order valence-corrected chi connectivity index (χ0v) is 22.2. The number of aryl methyl sites for hydroxylation is 1. The Morgan fingerprint density at radius 2 is 1.89 bits per heavy atom. The Labute approximate surface area is 224 Å². The van der Waals surface area contributed by atoms with Gasteiger partial charge in [0, 0.05) is 5.56 Å². The predicted molar refractivity (Wildman–Crippen MR) is 146 cm³/mol. The molecule has 1 fully saturated rings. The van der Waals surface area contributed by atoms with Gasteiger partial charge in [-0.25, -0.2) is 4.98 Å². The number of hydrogen-bond donors (Lipinski definition) is 1. The van der Waals surface area contributed by atoms with Gasteiger partial charge < -0.3 is 19.0 Å². The van der Waals surface area contributed by atoms with Gasteiger partial charge in [-0.3, -0.25) is 14.5 Å². The van der Waals surface area contributed by atoms with Crippen LogP contribution in [0.25, 0.3) is 16.0 Å². The van der Waals surface area contributed by atoms with Crippen molar-refractivity contribution < 1.29 is 28.6 Å². The van der Waals surface area contributed by atoms with Gasteiger partial charge >= 0.3 is 5.91 Å². The molecule has 1 unspecified atom stereocenters. The molecule has 0 spiro atoms. The van der Waals surface area contributed by atoms with Crippen molar-refractivity contribution in [3.05, 3.63) is 77.3 Å². The van der Waals surface area contributed by atoms with E-state index in [2.05, 4.69) is 11.9 Å². The molecular weight excluding hydrogens is 504 g/mol. The summed E-state index contributed by atoms with van der Waals surface area (Å²) in [6, 6.07) is 14.8. The third-order valence-electron chi connectivity index (χ3n) is 6.21. The lowest BCUT2D eigenvalue weighted by Gasteiger charge is -2.20. The first-order valence-corrected chi connectivity index (χ1v) is 13.4. The Kier molecular flexibility index (Phi) is 7.20. The minimum atomic E-state index is -0.986. The molecule has 0 saturated carbocycles. The first kappa shape index (κ1) is 25.5. The number of ether oxygens (including phenoxy) is 2. The Morgan fingerprint density at radius 1 is 1.08 bits per heavy atom. The van der Waals surface area contributed by atoms with Crippen molar-refractivity contribution in [3.63, 3.8) is 0 Å². The van der Waals surface area contributed by atoms with E-state index in [1.165, 1.54) is 16.2 Å². The highest BCUT2D eigenvalue weighted by Gasteiger charge is 2.49. The summed E-state index contributed by atoms with van der Waals surface area (Å²) in [5.74, 6) is 0.328. The molecule has 38 heavy (non-hydrogen) atoms. The molecule has 5 rings (SSSR count). The monoisotopic (exact) mass is 532 g/mol. The van der Waals surface area contributed by atoms with Crippen molar-refractivity contribution in [1.29, 1.82) is 0 Å². The van der Waals surface area contributed by atoms with Crippen LogP contribution in [-0.4, -0.2) is 35.0 Å². The summed E-state index contributed by atoms with van der Waals surface area (Å²) < 4.78 is 18.1. The molecule has 0 aliphatic carbocycles. The molecule has 1 amide bonds. The predicted octanol–water partition coefficient (Wildman–Crippen LogP) is 6.40. The Balaban J connectivity index is 1.61. The van der Waals surface area contributed by atoms with Crippen molar-refractivity contribution in [2.24, 2.45) is 0 Å². The Hall–Kier alpha value is -4.11. The molecule has 1 atom stereocenters. The van der Waals surface area contributed by atoms with E-state index in [0.717, 1.165) is 17.5 Å². The van der Waals surface area contributed by atoms with Gasteiger partial charge in [0.1, 0.15) is 34.8 Å². The van der Waals surface area contributed by atoms with Crippen molar-refractivity contribution >= 4 is 44.1 Å². The molecule has 9 heteroatoms. The minimum Gasteiger partial charge on any atom is -0.507 e. The lowest BCUT2D eigenvalue weighted by atomic mass is 9.99. The summed E-state index contributed by atoms with van der Waals surface area (Å²) in [5.41, 5.74) is 0.974. The molecule has 3 heterocycles. The van der Waals surface area contributed by atoms with E-state index in [1.807, 2.05) is 25.1 Å². The molecule has 196 valence electrons. The maximum absolute atomic E-state index is 13.4. The van der Waals surface area contributed by atoms with Gasteiger partial charge in [0.05, 0.1) is 29.0 Å². The fraction of sp³-hybridized carbons (Fsp3) is 0.276. The molecule has 1 N–H and O–H groups in total. The number of fused-ring (bicyclic) bond motifs is 1. The van der Waals surface area contributed by atoms with Crippen LogP contribution in [0.5, 0.6) is 11.5 Å². The molecular formula is C29H28N2O6S. The van der Waals surface area contributed by atoms with Gasteiger partial charge in [-0.1, -0.05) is 36.8 Å². The average molecular weight is 533 g/mol. The number of hydrogen-bond acceptors (Lipinski definition) is 8. The van der Waals surface area contributed by atoms with E-state index in [9.17, 15) is 14.7 Å². The SMILES string of the molecule is CCCCOc1cccc(/C(O)=C2\C(=O)C(=O)N(c3nc4ccc(OCC)cc4s3)C2c2ccc(C)o2)c1. The highest BCUT2D eigenvalue weighted by Crippen LogP contribution is 2.45. The van der Waals surface area contributed by atoms with Crippen molar-refractivity contribution in [2.45, 2.75) is 39.7 Å². The van der Waals surface area contributed by atoms with Crippen LogP contribution in [0, 0.1) is 6.92 Å². The Bertz CT molecular complexity index is 1530. The number of aliphatic hydroxyl groups is 1. The molecule has 2 aromatic carbocycles. The van der Waals surface area contributed by atoms with Crippen LogP contribution in [0.4, 0.5) is 5.13 Å². The zero-order chi connectivity index (χ0) is 26.8. The van der Waals surface area contributed by atoms with Crippen molar-refractivity contribution in [3.8, 4) is 11.5 Å². The number of furan rings is 1. The number of anilines is 1. The molecule has 1 saturated heterocycles. The summed E-state index contributed by atoms with van der Waals surface area (Å²) in [5, 5.41) is 11.7. The average Bonchev–Trinajstić information content (AvgIpc) is 3.60. The van der Waals surface area contributed by atoms with Crippen LogP contribution < -0.4 is 14.4 Å². The number of benzene rings is 2. The lowest BCUT2D eigenvalue weighted by Crippen LogP contribution is -2.29. The first-order valence-electron chi connectivity index (χ1n) is 12.5. The summed E-state index contributed by atoms with van der Waals surface area (Å²) >= 11 is 1.26. The lowest BCUT2D eigenvalue weighted by molar-refractivity contribution is -0.132. The van der Waals surface area contributed by atoms with E-state index >= 15 is 0 Å². The first-order chi connectivity index (χ1) is 18.4. The number of rotatable bonds is 9.